The Balaban J connectivity index is 1.94. The Morgan fingerprint density at radius 3 is 2.50 bits per heavy atom. The van der Waals surface area contributed by atoms with Crippen molar-refractivity contribution < 1.29 is 0 Å². The molecular formula is C15H22N2S. The summed E-state index contributed by atoms with van der Waals surface area (Å²) in [6.07, 6.45) is 12.9. The number of hydrogen-bond acceptors (Lipinski definition) is 2. The fourth-order valence-corrected chi connectivity index (χ4v) is 3.71. The van der Waals surface area contributed by atoms with E-state index in [0.29, 0.717) is 5.92 Å². The maximum absolute atomic E-state index is 5.52. The van der Waals surface area contributed by atoms with E-state index in [-0.39, 0.29) is 0 Å². The Morgan fingerprint density at radius 2 is 1.67 bits per heavy atom. The van der Waals surface area contributed by atoms with Crippen LogP contribution >= 0.6 is 12.2 Å². The topological polar surface area (TPSA) is 28.7 Å². The van der Waals surface area contributed by atoms with Gasteiger partial charge in [-0.1, -0.05) is 37.9 Å². The summed E-state index contributed by atoms with van der Waals surface area (Å²) in [4.78, 5) is 8.35. The highest BCUT2D eigenvalue weighted by Gasteiger charge is 2.20. The number of aromatic amines is 1. The number of H-pyrrole nitrogens is 1. The Hall–Kier alpha value is -0.700. The van der Waals surface area contributed by atoms with Gasteiger partial charge in [0.15, 0.2) is 0 Å². The summed E-state index contributed by atoms with van der Waals surface area (Å²) >= 11 is 5.52. The second-order valence-electron chi connectivity index (χ2n) is 5.78. The molecule has 0 aliphatic heterocycles. The smallest absolute Gasteiger partial charge is 0.133 e. The molecule has 0 aromatic carbocycles. The minimum absolute atomic E-state index is 0.633. The highest BCUT2D eigenvalue weighted by atomic mass is 32.1. The monoisotopic (exact) mass is 262 g/mol. The van der Waals surface area contributed by atoms with Gasteiger partial charge in [0.2, 0.25) is 0 Å². The van der Waals surface area contributed by atoms with Crippen molar-refractivity contribution in [1.29, 1.82) is 0 Å². The molecule has 3 rings (SSSR count). The summed E-state index contributed by atoms with van der Waals surface area (Å²) in [7, 11) is 0. The van der Waals surface area contributed by atoms with Gasteiger partial charge in [-0.25, -0.2) is 4.98 Å². The van der Waals surface area contributed by atoms with Gasteiger partial charge in [0, 0.05) is 17.2 Å². The SMILES string of the molecule is S=c1nc(C2CCCCC2)[nH]c2c1CCCCC2. The third-order valence-corrected chi connectivity index (χ3v) is 4.81. The molecule has 1 heterocycles. The Kier molecular flexibility index (Phi) is 3.78. The summed E-state index contributed by atoms with van der Waals surface area (Å²) in [6.45, 7) is 0. The molecule has 3 heteroatoms. The van der Waals surface area contributed by atoms with Crippen molar-refractivity contribution >= 4 is 12.2 Å². The van der Waals surface area contributed by atoms with Gasteiger partial charge in [-0.15, -0.1) is 0 Å². The number of hydrogen-bond donors (Lipinski definition) is 1. The number of nitrogens with zero attached hydrogens (tertiary/aromatic N) is 1. The molecule has 0 saturated heterocycles. The molecule has 2 aliphatic carbocycles. The first kappa shape index (κ1) is 12.3. The van der Waals surface area contributed by atoms with Crippen LogP contribution in [-0.2, 0) is 12.8 Å². The molecule has 1 aromatic heterocycles. The Labute approximate surface area is 114 Å². The molecule has 0 radical (unpaired) electrons. The van der Waals surface area contributed by atoms with Gasteiger partial charge in [0.25, 0.3) is 0 Å². The molecule has 98 valence electrons. The molecule has 1 N–H and O–H groups in total. The highest BCUT2D eigenvalue weighted by molar-refractivity contribution is 7.71. The first-order valence-corrected chi connectivity index (χ1v) is 7.87. The van der Waals surface area contributed by atoms with Crippen LogP contribution in [0.3, 0.4) is 0 Å². The van der Waals surface area contributed by atoms with Crippen LogP contribution in [0.4, 0.5) is 0 Å². The lowest BCUT2D eigenvalue weighted by atomic mass is 9.88. The van der Waals surface area contributed by atoms with E-state index in [1.54, 1.807) is 0 Å². The summed E-state index contributed by atoms with van der Waals surface area (Å²) in [6, 6.07) is 0. The normalized spacial score (nSPS) is 21.3. The van der Waals surface area contributed by atoms with Crippen LogP contribution in [0, 0.1) is 4.64 Å². The number of rotatable bonds is 1. The highest BCUT2D eigenvalue weighted by Crippen LogP contribution is 2.31. The predicted molar refractivity (Wildman–Crippen MR) is 76.5 cm³/mol. The first-order valence-electron chi connectivity index (χ1n) is 7.46. The predicted octanol–water partition coefficient (Wildman–Crippen LogP) is 4.46. The van der Waals surface area contributed by atoms with Crippen molar-refractivity contribution in [3.63, 3.8) is 0 Å². The van der Waals surface area contributed by atoms with Gasteiger partial charge in [-0.3, -0.25) is 0 Å². The van der Waals surface area contributed by atoms with Crippen LogP contribution < -0.4 is 0 Å². The third-order valence-electron chi connectivity index (χ3n) is 4.47. The summed E-state index contributed by atoms with van der Waals surface area (Å²) in [5.74, 6) is 1.81. The van der Waals surface area contributed by atoms with Crippen molar-refractivity contribution in [1.82, 2.24) is 9.97 Å². The van der Waals surface area contributed by atoms with Crippen molar-refractivity contribution in [2.45, 2.75) is 70.1 Å². The number of aryl methyl sites for hydroxylation is 1. The van der Waals surface area contributed by atoms with E-state index < -0.39 is 0 Å². The average Bonchev–Trinajstić information content (AvgIpc) is 2.65. The second kappa shape index (κ2) is 5.52. The largest absolute Gasteiger partial charge is 0.347 e. The van der Waals surface area contributed by atoms with E-state index >= 15 is 0 Å². The summed E-state index contributed by atoms with van der Waals surface area (Å²) in [5.41, 5.74) is 2.73. The minimum Gasteiger partial charge on any atom is -0.347 e. The maximum atomic E-state index is 5.52. The molecular weight excluding hydrogens is 240 g/mol. The zero-order valence-corrected chi connectivity index (χ0v) is 11.8. The van der Waals surface area contributed by atoms with Crippen LogP contribution in [0.1, 0.15) is 74.4 Å². The van der Waals surface area contributed by atoms with Gasteiger partial charge in [0.1, 0.15) is 10.5 Å². The fraction of sp³-hybridized carbons (Fsp3) is 0.733. The van der Waals surface area contributed by atoms with Crippen LogP contribution in [0.5, 0.6) is 0 Å². The quantitative estimate of drug-likeness (QED) is 0.598. The van der Waals surface area contributed by atoms with Crippen molar-refractivity contribution in [2.24, 2.45) is 0 Å². The van der Waals surface area contributed by atoms with Crippen LogP contribution in [0.15, 0.2) is 0 Å². The first-order chi connectivity index (χ1) is 8.84. The molecule has 1 aromatic rings. The van der Waals surface area contributed by atoms with Crippen molar-refractivity contribution in [3.8, 4) is 0 Å². The van der Waals surface area contributed by atoms with E-state index in [9.17, 15) is 0 Å². The van der Waals surface area contributed by atoms with Gasteiger partial charge in [-0.2, -0.15) is 0 Å². The molecule has 0 atom stereocenters. The number of nitrogens with one attached hydrogen (secondary N) is 1. The maximum Gasteiger partial charge on any atom is 0.133 e. The van der Waals surface area contributed by atoms with Crippen LogP contribution in [0.2, 0.25) is 0 Å². The minimum atomic E-state index is 0.633. The molecule has 2 nitrogen and oxygen atoms in total. The molecule has 18 heavy (non-hydrogen) atoms. The number of aromatic nitrogens is 2. The Morgan fingerprint density at radius 1 is 0.944 bits per heavy atom. The zero-order chi connectivity index (χ0) is 12.4. The molecule has 1 fully saturated rings. The van der Waals surface area contributed by atoms with Gasteiger partial charge in [0.05, 0.1) is 0 Å². The van der Waals surface area contributed by atoms with Crippen molar-refractivity contribution in [2.75, 3.05) is 0 Å². The van der Waals surface area contributed by atoms with E-state index in [4.69, 9.17) is 17.2 Å². The van der Waals surface area contributed by atoms with Crippen LogP contribution in [0.25, 0.3) is 0 Å². The lowest BCUT2D eigenvalue weighted by Crippen LogP contribution is -2.12. The van der Waals surface area contributed by atoms with Crippen molar-refractivity contribution in [3.05, 3.63) is 21.7 Å². The van der Waals surface area contributed by atoms with E-state index in [0.717, 1.165) is 11.1 Å². The molecule has 0 amide bonds. The molecule has 1 saturated carbocycles. The summed E-state index contributed by atoms with van der Waals surface area (Å²) < 4.78 is 0.881. The zero-order valence-electron chi connectivity index (χ0n) is 11.0. The molecule has 0 bridgehead atoms. The van der Waals surface area contributed by atoms with E-state index in [1.807, 2.05) is 0 Å². The second-order valence-corrected chi connectivity index (χ2v) is 6.17. The Bertz CT molecular complexity index is 472. The van der Waals surface area contributed by atoms with E-state index in [2.05, 4.69) is 4.98 Å². The van der Waals surface area contributed by atoms with Gasteiger partial charge < -0.3 is 4.98 Å². The third kappa shape index (κ3) is 2.51. The average molecular weight is 262 g/mol. The van der Waals surface area contributed by atoms with Gasteiger partial charge >= 0.3 is 0 Å². The number of fused-ring (bicyclic) bond motifs is 1. The van der Waals surface area contributed by atoms with Crippen LogP contribution in [-0.4, -0.2) is 9.97 Å². The lowest BCUT2D eigenvalue weighted by Gasteiger charge is -2.22. The molecule has 2 aliphatic rings. The molecule has 0 spiro atoms. The van der Waals surface area contributed by atoms with E-state index in [1.165, 1.54) is 74.9 Å². The van der Waals surface area contributed by atoms with Gasteiger partial charge in [-0.05, 0) is 38.5 Å². The molecule has 0 unspecified atom stereocenters. The fourth-order valence-electron chi connectivity index (χ4n) is 3.38. The summed E-state index contributed by atoms with van der Waals surface area (Å²) in [5, 5.41) is 0. The lowest BCUT2D eigenvalue weighted by molar-refractivity contribution is 0.427. The standard InChI is InChI=1S/C15H22N2S/c18-15-12-9-5-2-6-10-13(12)16-14(17-15)11-7-3-1-4-8-11/h11H,1-10H2,(H,16,17,18).